The maximum Gasteiger partial charge on any atom is 0.142 e. The van der Waals surface area contributed by atoms with Gasteiger partial charge < -0.3 is 10.2 Å². The zero-order chi connectivity index (χ0) is 13.7. The molecule has 1 N–H and O–H groups in total. The number of nitrogens with zero attached hydrogens (tertiary/aromatic N) is 3. The number of aromatic nitrogens is 1. The Morgan fingerprint density at radius 3 is 2.74 bits per heavy atom. The summed E-state index contributed by atoms with van der Waals surface area (Å²) in [6.07, 6.45) is 0. The van der Waals surface area contributed by atoms with Crippen LogP contribution in [0.3, 0.4) is 0 Å². The molecule has 0 spiro atoms. The van der Waals surface area contributed by atoms with Crippen LogP contribution in [0.25, 0.3) is 0 Å². The lowest BCUT2D eigenvalue weighted by molar-refractivity contribution is 1.08. The lowest BCUT2D eigenvalue weighted by Gasteiger charge is -2.14. The van der Waals surface area contributed by atoms with Crippen molar-refractivity contribution in [2.45, 2.75) is 6.54 Å². The molecule has 1 aromatic carbocycles. The van der Waals surface area contributed by atoms with Crippen LogP contribution in [0.1, 0.15) is 11.3 Å². The SMILES string of the molecule is CN(C)c1cccc(CNc2cccc(C#N)n2)c1. The fourth-order valence-electron chi connectivity index (χ4n) is 1.73. The minimum Gasteiger partial charge on any atom is -0.378 e. The summed E-state index contributed by atoms with van der Waals surface area (Å²) >= 11 is 0. The Labute approximate surface area is 113 Å². The lowest BCUT2D eigenvalue weighted by Crippen LogP contribution is -2.09. The maximum absolute atomic E-state index is 8.80. The molecule has 2 aromatic rings. The molecule has 0 fully saturated rings. The van der Waals surface area contributed by atoms with Crippen molar-refractivity contribution in [1.82, 2.24) is 4.98 Å². The maximum atomic E-state index is 8.80. The van der Waals surface area contributed by atoms with Gasteiger partial charge >= 0.3 is 0 Å². The van der Waals surface area contributed by atoms with Crippen LogP contribution < -0.4 is 10.2 Å². The number of benzene rings is 1. The van der Waals surface area contributed by atoms with Crippen molar-refractivity contribution in [3.05, 3.63) is 53.7 Å². The summed E-state index contributed by atoms with van der Waals surface area (Å²) in [6, 6.07) is 15.7. The molecule has 0 amide bonds. The first kappa shape index (κ1) is 12.9. The largest absolute Gasteiger partial charge is 0.378 e. The monoisotopic (exact) mass is 252 g/mol. The molecular formula is C15H16N4. The van der Waals surface area contributed by atoms with Crippen LogP contribution in [-0.2, 0) is 6.54 Å². The molecular weight excluding hydrogens is 236 g/mol. The van der Waals surface area contributed by atoms with Crippen molar-refractivity contribution in [2.75, 3.05) is 24.3 Å². The molecule has 4 heteroatoms. The summed E-state index contributed by atoms with van der Waals surface area (Å²) in [4.78, 5) is 6.25. The van der Waals surface area contributed by atoms with E-state index < -0.39 is 0 Å². The Morgan fingerprint density at radius 1 is 1.21 bits per heavy atom. The first-order chi connectivity index (χ1) is 9.19. The quantitative estimate of drug-likeness (QED) is 0.908. The molecule has 4 nitrogen and oxygen atoms in total. The zero-order valence-electron chi connectivity index (χ0n) is 11.1. The third-order valence-electron chi connectivity index (χ3n) is 2.76. The summed E-state index contributed by atoms with van der Waals surface area (Å²) < 4.78 is 0. The van der Waals surface area contributed by atoms with Crippen LogP contribution >= 0.6 is 0 Å². The molecule has 1 aromatic heterocycles. The fraction of sp³-hybridized carbons (Fsp3) is 0.200. The van der Waals surface area contributed by atoms with Crippen LogP contribution in [0.2, 0.25) is 0 Å². The molecule has 0 saturated heterocycles. The highest BCUT2D eigenvalue weighted by Gasteiger charge is 1.99. The van der Waals surface area contributed by atoms with Gasteiger partial charge in [0.15, 0.2) is 0 Å². The Bertz CT molecular complexity index is 599. The highest BCUT2D eigenvalue weighted by Crippen LogP contribution is 2.14. The lowest BCUT2D eigenvalue weighted by atomic mass is 10.2. The Morgan fingerprint density at radius 2 is 2.00 bits per heavy atom. The summed E-state index contributed by atoms with van der Waals surface area (Å²) in [5, 5.41) is 12.0. The molecule has 96 valence electrons. The molecule has 0 unspecified atom stereocenters. The van der Waals surface area contributed by atoms with Crippen molar-refractivity contribution in [3.63, 3.8) is 0 Å². The van der Waals surface area contributed by atoms with Crippen molar-refractivity contribution in [2.24, 2.45) is 0 Å². The van der Waals surface area contributed by atoms with Crippen LogP contribution in [0, 0.1) is 11.3 Å². The number of pyridine rings is 1. The summed E-state index contributed by atoms with van der Waals surface area (Å²) in [6.45, 7) is 0.684. The average molecular weight is 252 g/mol. The first-order valence-electron chi connectivity index (χ1n) is 6.06. The molecule has 2 rings (SSSR count). The van der Waals surface area contributed by atoms with Crippen molar-refractivity contribution in [3.8, 4) is 6.07 Å². The van der Waals surface area contributed by atoms with Gasteiger partial charge in [-0.25, -0.2) is 4.98 Å². The third-order valence-corrected chi connectivity index (χ3v) is 2.76. The van der Waals surface area contributed by atoms with Crippen molar-refractivity contribution >= 4 is 11.5 Å². The Hall–Kier alpha value is -2.54. The minimum absolute atomic E-state index is 0.423. The number of anilines is 2. The van der Waals surface area contributed by atoms with E-state index in [9.17, 15) is 0 Å². The van der Waals surface area contributed by atoms with Gasteiger partial charge in [0.25, 0.3) is 0 Å². The highest BCUT2D eigenvalue weighted by atomic mass is 15.1. The molecule has 19 heavy (non-hydrogen) atoms. The molecule has 0 aliphatic carbocycles. The van der Waals surface area contributed by atoms with Crippen LogP contribution in [0.5, 0.6) is 0 Å². The van der Waals surface area contributed by atoms with Crippen LogP contribution in [0.15, 0.2) is 42.5 Å². The fourth-order valence-corrected chi connectivity index (χ4v) is 1.73. The van der Waals surface area contributed by atoms with Crippen LogP contribution in [0.4, 0.5) is 11.5 Å². The van der Waals surface area contributed by atoms with Gasteiger partial charge in [-0.05, 0) is 29.8 Å². The van der Waals surface area contributed by atoms with Gasteiger partial charge in [-0.2, -0.15) is 5.26 Å². The van der Waals surface area contributed by atoms with E-state index in [0.29, 0.717) is 18.1 Å². The van der Waals surface area contributed by atoms with E-state index in [4.69, 9.17) is 5.26 Å². The van der Waals surface area contributed by atoms with E-state index in [2.05, 4.69) is 33.4 Å². The van der Waals surface area contributed by atoms with Crippen LogP contribution in [-0.4, -0.2) is 19.1 Å². The smallest absolute Gasteiger partial charge is 0.142 e. The second-order valence-corrected chi connectivity index (χ2v) is 4.44. The van der Waals surface area contributed by atoms with E-state index >= 15 is 0 Å². The average Bonchev–Trinajstić information content (AvgIpc) is 2.45. The van der Waals surface area contributed by atoms with E-state index in [0.717, 1.165) is 5.69 Å². The van der Waals surface area contributed by atoms with Gasteiger partial charge in [0, 0.05) is 26.3 Å². The van der Waals surface area contributed by atoms with Gasteiger partial charge in [0.05, 0.1) is 0 Å². The number of hydrogen-bond donors (Lipinski definition) is 1. The highest BCUT2D eigenvalue weighted by molar-refractivity contribution is 5.48. The summed E-state index contributed by atoms with van der Waals surface area (Å²) in [5.41, 5.74) is 2.76. The third kappa shape index (κ3) is 3.46. The first-order valence-corrected chi connectivity index (χ1v) is 6.06. The number of nitrogens with one attached hydrogen (secondary N) is 1. The number of hydrogen-bond acceptors (Lipinski definition) is 4. The molecule has 0 bridgehead atoms. The Kier molecular flexibility index (Phi) is 3.99. The summed E-state index contributed by atoms with van der Waals surface area (Å²) in [7, 11) is 4.04. The van der Waals surface area contributed by atoms with Gasteiger partial charge in [0.2, 0.25) is 0 Å². The van der Waals surface area contributed by atoms with E-state index in [1.807, 2.05) is 38.4 Å². The van der Waals surface area contributed by atoms with E-state index in [1.54, 1.807) is 6.07 Å². The predicted molar refractivity (Wildman–Crippen MR) is 77.0 cm³/mol. The minimum atomic E-state index is 0.423. The van der Waals surface area contributed by atoms with E-state index in [-0.39, 0.29) is 0 Å². The molecule has 0 atom stereocenters. The standard InChI is InChI=1S/C15H16N4/c1-19(2)14-7-3-5-12(9-14)11-17-15-8-4-6-13(10-16)18-15/h3-9H,11H2,1-2H3,(H,17,18). The van der Waals surface area contributed by atoms with Gasteiger partial charge in [-0.1, -0.05) is 18.2 Å². The molecule has 0 radical (unpaired) electrons. The zero-order valence-corrected chi connectivity index (χ0v) is 11.1. The normalized spacial score (nSPS) is 9.74. The molecule has 1 heterocycles. The topological polar surface area (TPSA) is 52.0 Å². The van der Waals surface area contributed by atoms with Crippen molar-refractivity contribution in [1.29, 1.82) is 5.26 Å². The Balaban J connectivity index is 2.06. The molecule has 0 saturated carbocycles. The van der Waals surface area contributed by atoms with Crippen molar-refractivity contribution < 1.29 is 0 Å². The van der Waals surface area contributed by atoms with Gasteiger partial charge in [-0.15, -0.1) is 0 Å². The molecule has 0 aliphatic heterocycles. The second kappa shape index (κ2) is 5.87. The van der Waals surface area contributed by atoms with Gasteiger partial charge in [0.1, 0.15) is 17.6 Å². The second-order valence-electron chi connectivity index (χ2n) is 4.44. The molecule has 0 aliphatic rings. The number of nitriles is 1. The number of rotatable bonds is 4. The van der Waals surface area contributed by atoms with Gasteiger partial charge in [-0.3, -0.25) is 0 Å². The predicted octanol–water partition coefficient (Wildman–Crippen LogP) is 2.63. The summed E-state index contributed by atoms with van der Waals surface area (Å²) in [5.74, 6) is 0.717. The van der Waals surface area contributed by atoms with E-state index in [1.165, 1.54) is 5.56 Å².